The number of carbonyl (C=O) groups is 6. The first-order valence-corrected chi connectivity index (χ1v) is 20.9. The van der Waals surface area contributed by atoms with E-state index in [4.69, 9.17) is 42.6 Å². The summed E-state index contributed by atoms with van der Waals surface area (Å²) in [5.41, 5.74) is -0.604. The monoisotopic (exact) mass is 866 g/mol. The summed E-state index contributed by atoms with van der Waals surface area (Å²) in [7, 11) is 4.68. The highest BCUT2D eigenvalue weighted by atomic mass is 16.5. The van der Waals surface area contributed by atoms with Crippen molar-refractivity contribution in [3.63, 3.8) is 0 Å². The van der Waals surface area contributed by atoms with Gasteiger partial charge in [0.25, 0.3) is 0 Å². The average Bonchev–Trinajstić information content (AvgIpc) is 3.23. The number of Topliss-reactive ketones (excluding diaryl/α,β-unsaturated/α-hetero) is 1. The van der Waals surface area contributed by atoms with Gasteiger partial charge in [-0.3, -0.25) is 28.8 Å². The van der Waals surface area contributed by atoms with Gasteiger partial charge in [-0.25, -0.2) is 0 Å². The zero-order chi connectivity index (χ0) is 44.4. The zero-order valence-corrected chi connectivity index (χ0v) is 36.6. The minimum absolute atomic E-state index is 0.0326. The Kier molecular flexibility index (Phi) is 38.8. The molecule has 350 valence electrons. The molecule has 0 atom stereocenters. The molecule has 0 heterocycles. The molecule has 20 nitrogen and oxygen atoms in total. The number of rotatable bonds is 44. The summed E-state index contributed by atoms with van der Waals surface area (Å²) in [6.07, 6.45) is 2.60. The summed E-state index contributed by atoms with van der Waals surface area (Å²) < 4.78 is 48.8. The standard InChI is InChI=1S/C40H75N5O15/c1-5-40(31-58-20-8-34(46)7-6-19-55-21-9-35(47)41-14-26-52-2,32-59-24-12-38(50)44-17-29-56-22-10-36(48)42-15-27-53-3)33-60-25-13-39(51)45-18-30-57-23-11-37(49)43-16-28-54-4/h5-33H2,1-4H3,(H,41,47)(H,42,48)(H,43,49)(H,44,50)(H,45,51). The van der Waals surface area contributed by atoms with E-state index in [-0.39, 0.29) is 147 Å². The van der Waals surface area contributed by atoms with Gasteiger partial charge in [-0.15, -0.1) is 0 Å². The summed E-state index contributed by atoms with van der Waals surface area (Å²) >= 11 is 0. The third-order valence-electron chi connectivity index (χ3n) is 8.63. The van der Waals surface area contributed by atoms with E-state index < -0.39 is 5.41 Å². The molecule has 5 N–H and O–H groups in total. The van der Waals surface area contributed by atoms with Gasteiger partial charge in [0.15, 0.2) is 0 Å². The first-order chi connectivity index (χ1) is 29.1. The van der Waals surface area contributed by atoms with Crippen molar-refractivity contribution in [2.75, 3.05) is 153 Å². The van der Waals surface area contributed by atoms with Gasteiger partial charge in [0.2, 0.25) is 29.5 Å². The predicted molar refractivity (Wildman–Crippen MR) is 220 cm³/mol. The van der Waals surface area contributed by atoms with Crippen molar-refractivity contribution in [3.05, 3.63) is 0 Å². The van der Waals surface area contributed by atoms with Crippen molar-refractivity contribution >= 4 is 35.3 Å². The second-order valence-corrected chi connectivity index (χ2v) is 13.7. The van der Waals surface area contributed by atoms with Crippen molar-refractivity contribution in [1.29, 1.82) is 0 Å². The predicted octanol–water partition coefficient (Wildman–Crippen LogP) is -0.308. The number of carbonyl (C=O) groups excluding carboxylic acids is 6. The zero-order valence-electron chi connectivity index (χ0n) is 36.6. The third kappa shape index (κ3) is 36.5. The maximum absolute atomic E-state index is 12.5. The number of amides is 5. The molecule has 0 rings (SSSR count). The second kappa shape index (κ2) is 41.0. The van der Waals surface area contributed by atoms with Crippen LogP contribution in [0.3, 0.4) is 0 Å². The Balaban J connectivity index is 4.66. The average molecular weight is 866 g/mol. The van der Waals surface area contributed by atoms with Gasteiger partial charge in [0.1, 0.15) is 5.78 Å². The fraction of sp³-hybridized carbons (Fsp3) is 0.850. The normalized spacial score (nSPS) is 11.3. The molecule has 0 spiro atoms. The number of ether oxygens (including phenoxy) is 9. The van der Waals surface area contributed by atoms with Crippen LogP contribution in [0.25, 0.3) is 0 Å². The van der Waals surface area contributed by atoms with Crippen LogP contribution in [0.4, 0.5) is 0 Å². The van der Waals surface area contributed by atoms with Crippen LogP contribution in [0.5, 0.6) is 0 Å². The number of nitrogens with one attached hydrogen (secondary N) is 5. The lowest BCUT2D eigenvalue weighted by atomic mass is 9.88. The fourth-order valence-electron chi connectivity index (χ4n) is 4.95. The molecule has 20 heteroatoms. The number of hydrogen-bond acceptors (Lipinski definition) is 15. The lowest BCUT2D eigenvalue weighted by molar-refractivity contribution is -0.125. The first-order valence-electron chi connectivity index (χ1n) is 20.9. The van der Waals surface area contributed by atoms with Crippen molar-refractivity contribution < 1.29 is 71.4 Å². The van der Waals surface area contributed by atoms with E-state index in [0.29, 0.717) is 78.4 Å². The van der Waals surface area contributed by atoms with Crippen LogP contribution in [0.1, 0.15) is 64.7 Å². The molecule has 0 aliphatic rings. The molecular weight excluding hydrogens is 790 g/mol. The van der Waals surface area contributed by atoms with E-state index in [1.807, 2.05) is 6.92 Å². The Morgan fingerprint density at radius 2 is 0.667 bits per heavy atom. The van der Waals surface area contributed by atoms with Crippen LogP contribution in [0.2, 0.25) is 0 Å². The lowest BCUT2D eigenvalue weighted by Crippen LogP contribution is -2.38. The van der Waals surface area contributed by atoms with Gasteiger partial charge in [0, 0.05) is 111 Å². The Morgan fingerprint density at radius 1 is 0.367 bits per heavy atom. The van der Waals surface area contributed by atoms with Gasteiger partial charge in [-0.05, 0) is 12.8 Å². The summed E-state index contributed by atoms with van der Waals surface area (Å²) in [6, 6.07) is 0. The third-order valence-corrected chi connectivity index (χ3v) is 8.63. The quantitative estimate of drug-likeness (QED) is 0.0494. The highest BCUT2D eigenvalue weighted by molar-refractivity contribution is 5.78. The number of ketones is 1. The Bertz CT molecular complexity index is 1000. The van der Waals surface area contributed by atoms with Crippen LogP contribution in [0, 0.1) is 5.41 Å². The highest BCUT2D eigenvalue weighted by Crippen LogP contribution is 2.24. The van der Waals surface area contributed by atoms with Gasteiger partial charge in [-0.2, -0.15) is 0 Å². The van der Waals surface area contributed by atoms with E-state index in [1.165, 1.54) is 0 Å². The van der Waals surface area contributed by atoms with Gasteiger partial charge in [-0.1, -0.05) is 6.92 Å². The van der Waals surface area contributed by atoms with E-state index in [2.05, 4.69) is 26.6 Å². The van der Waals surface area contributed by atoms with Gasteiger partial charge >= 0.3 is 0 Å². The van der Waals surface area contributed by atoms with Crippen LogP contribution >= 0.6 is 0 Å². The topological polar surface area (TPSA) is 246 Å². The fourth-order valence-corrected chi connectivity index (χ4v) is 4.95. The molecule has 5 amide bonds. The smallest absolute Gasteiger partial charge is 0.222 e. The molecule has 60 heavy (non-hydrogen) atoms. The Labute approximate surface area is 356 Å². The minimum atomic E-state index is -0.604. The largest absolute Gasteiger partial charge is 0.383 e. The number of methoxy groups -OCH3 is 3. The molecule has 0 fully saturated rings. The van der Waals surface area contributed by atoms with Crippen LogP contribution in [0.15, 0.2) is 0 Å². The molecular formula is C40H75N5O15. The summed E-state index contributed by atoms with van der Waals surface area (Å²) in [4.78, 5) is 72.3. The summed E-state index contributed by atoms with van der Waals surface area (Å²) in [6.45, 7) is 8.01. The van der Waals surface area contributed by atoms with E-state index in [1.54, 1.807) is 21.3 Å². The molecule has 0 aliphatic heterocycles. The SMILES string of the molecule is CCC(COCCC(=O)CCCOCCC(=O)NCCOC)(COCCC(=O)NCCOCCC(=O)NCCOC)COCCC(=O)NCCOCCC(=O)NCCOC. The Morgan fingerprint density at radius 3 is 1.00 bits per heavy atom. The van der Waals surface area contributed by atoms with Crippen molar-refractivity contribution in [2.24, 2.45) is 5.41 Å². The van der Waals surface area contributed by atoms with Crippen molar-refractivity contribution in [3.8, 4) is 0 Å². The lowest BCUT2D eigenvalue weighted by Gasteiger charge is -2.32. The molecule has 0 saturated heterocycles. The van der Waals surface area contributed by atoms with Crippen LogP contribution < -0.4 is 26.6 Å². The first kappa shape index (κ1) is 56.7. The highest BCUT2D eigenvalue weighted by Gasteiger charge is 2.30. The maximum Gasteiger partial charge on any atom is 0.222 e. The second-order valence-electron chi connectivity index (χ2n) is 13.7. The molecule has 0 aromatic heterocycles. The summed E-state index contributed by atoms with van der Waals surface area (Å²) in [5, 5.41) is 13.7. The van der Waals surface area contributed by atoms with E-state index in [0.717, 1.165) is 0 Å². The van der Waals surface area contributed by atoms with Crippen molar-refractivity contribution in [1.82, 2.24) is 26.6 Å². The molecule has 0 saturated carbocycles. The van der Waals surface area contributed by atoms with E-state index in [9.17, 15) is 28.8 Å². The van der Waals surface area contributed by atoms with E-state index >= 15 is 0 Å². The molecule has 0 unspecified atom stereocenters. The maximum atomic E-state index is 12.5. The molecule has 0 aliphatic carbocycles. The van der Waals surface area contributed by atoms with Crippen LogP contribution in [-0.4, -0.2) is 188 Å². The van der Waals surface area contributed by atoms with Gasteiger partial charge < -0.3 is 69.2 Å². The van der Waals surface area contributed by atoms with Gasteiger partial charge in [0.05, 0.1) is 92.5 Å². The van der Waals surface area contributed by atoms with Crippen molar-refractivity contribution in [2.45, 2.75) is 64.7 Å². The minimum Gasteiger partial charge on any atom is -0.383 e. The number of hydrogen-bond donors (Lipinski definition) is 5. The van der Waals surface area contributed by atoms with Crippen LogP contribution in [-0.2, 0) is 71.4 Å². The molecule has 0 aromatic carbocycles. The molecule has 0 aromatic rings. The summed E-state index contributed by atoms with van der Waals surface area (Å²) in [5.74, 6) is -0.772. The molecule has 0 radical (unpaired) electrons. The molecule has 0 bridgehead atoms. The Hall–Kier alpha value is -3.34.